The lowest BCUT2D eigenvalue weighted by Crippen LogP contribution is -2.54. The van der Waals surface area contributed by atoms with E-state index in [9.17, 15) is 33.9 Å². The van der Waals surface area contributed by atoms with Gasteiger partial charge >= 0.3 is 5.97 Å². The maximum Gasteiger partial charge on any atom is 0.329 e. The fourth-order valence-electron chi connectivity index (χ4n) is 7.50. The van der Waals surface area contributed by atoms with Gasteiger partial charge in [0.05, 0.1) is 6.04 Å². The molecule has 2 bridgehead atoms. The van der Waals surface area contributed by atoms with Gasteiger partial charge in [-0.05, 0) is 83.5 Å². The minimum Gasteiger partial charge on any atom is -0.486 e. The standard InChI is InChI=1S/C48H47N3O8S/c52-38-27-37(28-40-12-7-23-60-40)44(54)50-42(26-33-13-17-35(18-14-33)34-10-5-2-6-11-34)46(56)49-41(25-31-8-3-1-4-9-31)43(53)29-36(45(55)51-48(21-22-48)47(57)58)24-32-15-19-39(20-16-32)59-30-38/h1-20,23,36-37,41-42H,21-22,24-30H2,(H,49,56)(H,50,54)(H,51,55)(H,57,58)/t36-,37+,41+,42-/m1/s1. The van der Waals surface area contributed by atoms with Crippen LogP contribution in [0.2, 0.25) is 0 Å². The van der Waals surface area contributed by atoms with Crippen molar-refractivity contribution in [1.29, 1.82) is 0 Å². The first-order chi connectivity index (χ1) is 29.0. The number of Topliss-reactive ketones (excluding diaryl/α,β-unsaturated/α-hetero) is 2. The number of thiophene rings is 1. The summed E-state index contributed by atoms with van der Waals surface area (Å²) in [7, 11) is 0. The van der Waals surface area contributed by atoms with E-state index in [0.717, 1.165) is 27.1 Å². The van der Waals surface area contributed by atoms with Crippen molar-refractivity contribution in [3.05, 3.63) is 148 Å². The lowest BCUT2D eigenvalue weighted by atomic mass is 9.89. The summed E-state index contributed by atoms with van der Waals surface area (Å²) in [6.45, 7) is -0.288. The van der Waals surface area contributed by atoms with Crippen LogP contribution in [0.3, 0.4) is 0 Å². The van der Waals surface area contributed by atoms with Crippen molar-refractivity contribution in [2.75, 3.05) is 6.61 Å². The molecule has 11 nitrogen and oxygen atoms in total. The van der Waals surface area contributed by atoms with Gasteiger partial charge in [0.1, 0.15) is 23.9 Å². The van der Waals surface area contributed by atoms with Crippen LogP contribution in [-0.4, -0.2) is 64.6 Å². The summed E-state index contributed by atoms with van der Waals surface area (Å²) in [5.41, 5.74) is 2.83. The second-order valence-electron chi connectivity index (χ2n) is 15.7. The Morgan fingerprint density at radius 1 is 0.683 bits per heavy atom. The van der Waals surface area contributed by atoms with Crippen LogP contribution in [-0.2, 0) is 54.5 Å². The first-order valence-electron chi connectivity index (χ1n) is 20.2. The third kappa shape index (κ3) is 11.0. The van der Waals surface area contributed by atoms with E-state index in [0.29, 0.717) is 11.3 Å². The molecule has 8 rings (SSSR count). The van der Waals surface area contributed by atoms with Gasteiger partial charge in [0.15, 0.2) is 11.6 Å². The molecular weight excluding hydrogens is 779 g/mol. The molecule has 1 fully saturated rings. The highest BCUT2D eigenvalue weighted by Gasteiger charge is 2.52. The molecule has 4 atom stereocenters. The number of ether oxygens (including phenoxy) is 1. The van der Waals surface area contributed by atoms with E-state index < -0.39 is 58.9 Å². The van der Waals surface area contributed by atoms with E-state index in [4.69, 9.17) is 4.74 Å². The molecule has 0 radical (unpaired) electrons. The monoisotopic (exact) mass is 825 g/mol. The molecule has 5 aromatic rings. The Kier molecular flexibility index (Phi) is 13.3. The van der Waals surface area contributed by atoms with E-state index in [-0.39, 0.29) is 63.8 Å². The second kappa shape index (κ2) is 19.1. The molecule has 4 aromatic carbocycles. The number of ketones is 2. The molecular formula is C48H47N3O8S. The topological polar surface area (TPSA) is 168 Å². The molecule has 3 heterocycles. The maximum atomic E-state index is 14.6. The lowest BCUT2D eigenvalue weighted by Gasteiger charge is -2.26. The normalized spacial score (nSPS) is 21.0. The van der Waals surface area contributed by atoms with Crippen LogP contribution in [0.1, 0.15) is 47.3 Å². The van der Waals surface area contributed by atoms with Crippen LogP contribution in [0.15, 0.2) is 127 Å². The molecule has 1 aliphatic carbocycles. The van der Waals surface area contributed by atoms with Gasteiger partial charge in [-0.2, -0.15) is 0 Å². The Hall–Kier alpha value is -6.40. The Labute approximate surface area is 352 Å². The number of hydrogen-bond donors (Lipinski definition) is 4. The Bertz CT molecular complexity index is 2290. The number of carbonyl (C=O) groups is 6. The fourth-order valence-corrected chi connectivity index (χ4v) is 8.28. The smallest absolute Gasteiger partial charge is 0.329 e. The quantitative estimate of drug-likeness (QED) is 0.134. The predicted molar refractivity (Wildman–Crippen MR) is 227 cm³/mol. The van der Waals surface area contributed by atoms with Crippen molar-refractivity contribution in [2.24, 2.45) is 11.8 Å². The van der Waals surface area contributed by atoms with Crippen LogP contribution in [0.4, 0.5) is 0 Å². The summed E-state index contributed by atoms with van der Waals surface area (Å²) >= 11 is 1.47. The summed E-state index contributed by atoms with van der Waals surface area (Å²) in [6.07, 6.45) is 0.681. The average Bonchev–Trinajstić information content (AvgIpc) is 3.86. The summed E-state index contributed by atoms with van der Waals surface area (Å²) in [5, 5.41) is 20.3. The number of fused-ring (bicyclic) bond motifs is 16. The summed E-state index contributed by atoms with van der Waals surface area (Å²) in [4.78, 5) is 83.6. The van der Waals surface area contributed by atoms with Crippen molar-refractivity contribution in [3.63, 3.8) is 0 Å². The average molecular weight is 826 g/mol. The van der Waals surface area contributed by atoms with Gasteiger partial charge in [0.25, 0.3) is 0 Å². The van der Waals surface area contributed by atoms with Gasteiger partial charge in [0.2, 0.25) is 17.7 Å². The molecule has 308 valence electrons. The van der Waals surface area contributed by atoms with E-state index in [1.54, 1.807) is 24.3 Å². The van der Waals surface area contributed by atoms with Crippen molar-refractivity contribution in [2.45, 2.75) is 69.0 Å². The molecule has 0 spiro atoms. The molecule has 3 amide bonds. The van der Waals surface area contributed by atoms with E-state index in [1.807, 2.05) is 102 Å². The van der Waals surface area contributed by atoms with Crippen LogP contribution in [0.5, 0.6) is 5.75 Å². The molecule has 60 heavy (non-hydrogen) atoms. The van der Waals surface area contributed by atoms with Crippen LogP contribution in [0, 0.1) is 11.8 Å². The highest BCUT2D eigenvalue weighted by atomic mass is 32.1. The van der Waals surface area contributed by atoms with Crippen molar-refractivity contribution >= 4 is 46.6 Å². The number of carboxylic acids is 1. The van der Waals surface area contributed by atoms with E-state index in [1.165, 1.54) is 11.3 Å². The number of nitrogens with one attached hydrogen (secondary N) is 3. The van der Waals surface area contributed by atoms with Gasteiger partial charge in [-0.15, -0.1) is 11.3 Å². The molecule has 0 unspecified atom stereocenters. The number of carbonyl (C=O) groups excluding carboxylic acids is 5. The summed E-state index contributed by atoms with van der Waals surface area (Å²) in [6, 6.07) is 35.0. The molecule has 4 N–H and O–H groups in total. The SMILES string of the molecule is O=C1COc2ccc(cc2)C[C@@H](C(=O)NC2(C(=O)O)CC2)CC(=O)[C@H](Cc2ccccc2)NC(=O)[C@@H](Cc2ccc(-c3ccccc3)cc2)NC(=O)[C@H](Cc2cccs2)C1. The third-order valence-electron chi connectivity index (χ3n) is 11.1. The zero-order valence-electron chi connectivity index (χ0n) is 33.0. The first kappa shape index (κ1) is 41.7. The number of carboxylic acid groups (broad SMARTS) is 1. The number of amides is 3. The molecule has 3 aliphatic rings. The van der Waals surface area contributed by atoms with Crippen LogP contribution < -0.4 is 20.7 Å². The van der Waals surface area contributed by atoms with E-state index in [2.05, 4.69) is 16.0 Å². The third-order valence-corrected chi connectivity index (χ3v) is 12.0. The van der Waals surface area contributed by atoms with Gasteiger partial charge in [0, 0.05) is 36.0 Å². The van der Waals surface area contributed by atoms with Crippen LogP contribution >= 0.6 is 11.3 Å². The summed E-state index contributed by atoms with van der Waals surface area (Å²) in [5.74, 6) is -4.93. The van der Waals surface area contributed by atoms with Gasteiger partial charge in [-0.25, -0.2) is 4.79 Å². The highest BCUT2D eigenvalue weighted by molar-refractivity contribution is 7.09. The fraction of sp³-hybridized carbons (Fsp3) is 0.292. The van der Waals surface area contributed by atoms with Gasteiger partial charge < -0.3 is 25.8 Å². The maximum absolute atomic E-state index is 14.6. The minimum atomic E-state index is -1.38. The van der Waals surface area contributed by atoms with Gasteiger partial charge in [-0.1, -0.05) is 103 Å². The molecule has 12 heteroatoms. The zero-order chi connectivity index (χ0) is 42.1. The predicted octanol–water partition coefficient (Wildman–Crippen LogP) is 5.93. The largest absolute Gasteiger partial charge is 0.486 e. The molecule has 2 aliphatic heterocycles. The van der Waals surface area contributed by atoms with Crippen molar-refractivity contribution in [1.82, 2.24) is 16.0 Å². The Balaban J connectivity index is 1.22. The Morgan fingerprint density at radius 3 is 1.97 bits per heavy atom. The lowest BCUT2D eigenvalue weighted by molar-refractivity contribution is -0.144. The highest BCUT2D eigenvalue weighted by Crippen LogP contribution is 2.36. The number of aliphatic carboxylic acids is 1. The number of hydrogen-bond acceptors (Lipinski definition) is 8. The summed E-state index contributed by atoms with van der Waals surface area (Å²) < 4.78 is 5.84. The minimum absolute atomic E-state index is 0.0813. The Morgan fingerprint density at radius 2 is 1.32 bits per heavy atom. The molecule has 0 saturated heterocycles. The molecule has 1 aromatic heterocycles. The molecule has 1 saturated carbocycles. The van der Waals surface area contributed by atoms with E-state index >= 15 is 0 Å². The van der Waals surface area contributed by atoms with Crippen molar-refractivity contribution < 1.29 is 38.6 Å². The van der Waals surface area contributed by atoms with Crippen LogP contribution in [0.25, 0.3) is 11.1 Å². The second-order valence-corrected chi connectivity index (χ2v) is 16.7. The van der Waals surface area contributed by atoms with Crippen molar-refractivity contribution in [3.8, 4) is 16.9 Å². The zero-order valence-corrected chi connectivity index (χ0v) is 33.8. The number of rotatable bonds is 10. The first-order valence-corrected chi connectivity index (χ1v) is 21.0. The number of benzene rings is 4. The van der Waals surface area contributed by atoms with Gasteiger partial charge in [-0.3, -0.25) is 24.0 Å².